The molecule has 0 bridgehead atoms. The maximum atomic E-state index is 7.80. The van der Waals surface area contributed by atoms with Crippen LogP contribution < -0.4 is 0 Å². The average Bonchev–Trinajstić information content (AvgIpc) is 2.61. The van der Waals surface area contributed by atoms with E-state index in [1.54, 1.807) is 12.5 Å². The molecule has 0 aromatic carbocycles. The van der Waals surface area contributed by atoms with Crippen molar-refractivity contribution in [2.45, 2.75) is 40.2 Å². The highest BCUT2D eigenvalue weighted by atomic mass is 15.1. The SMILES string of the molecule is C/C=N\c1c(C(=N)CC)ncn1C(C)C. The molecule has 0 aliphatic heterocycles. The van der Waals surface area contributed by atoms with Gasteiger partial charge in [0.05, 0.1) is 12.0 Å². The van der Waals surface area contributed by atoms with Crippen LogP contribution in [0.3, 0.4) is 0 Å². The van der Waals surface area contributed by atoms with Gasteiger partial charge in [0, 0.05) is 12.3 Å². The lowest BCUT2D eigenvalue weighted by atomic mass is 10.2. The normalized spacial score (nSPS) is 11.5. The van der Waals surface area contributed by atoms with Crippen LogP contribution in [0.1, 0.15) is 45.9 Å². The maximum Gasteiger partial charge on any atom is 0.161 e. The summed E-state index contributed by atoms with van der Waals surface area (Å²) in [5.74, 6) is 0.791. The molecule has 0 saturated heterocycles. The number of imidazole rings is 1. The molecule has 0 fully saturated rings. The second kappa shape index (κ2) is 4.87. The Labute approximate surface area is 90.6 Å². The number of nitrogens with zero attached hydrogens (tertiary/aromatic N) is 3. The fourth-order valence-electron chi connectivity index (χ4n) is 1.36. The van der Waals surface area contributed by atoms with Crippen molar-refractivity contribution in [2.24, 2.45) is 4.99 Å². The molecule has 4 heteroatoms. The van der Waals surface area contributed by atoms with Gasteiger partial charge in [-0.2, -0.15) is 0 Å². The first-order chi connectivity index (χ1) is 7.11. The predicted molar refractivity (Wildman–Crippen MR) is 63.6 cm³/mol. The Balaban J connectivity index is 3.23. The summed E-state index contributed by atoms with van der Waals surface area (Å²) in [7, 11) is 0. The molecule has 0 spiro atoms. The molecule has 15 heavy (non-hydrogen) atoms. The van der Waals surface area contributed by atoms with Gasteiger partial charge in [-0.15, -0.1) is 0 Å². The van der Waals surface area contributed by atoms with Gasteiger partial charge in [0.15, 0.2) is 5.82 Å². The van der Waals surface area contributed by atoms with Crippen molar-refractivity contribution in [3.8, 4) is 0 Å². The number of nitrogens with one attached hydrogen (secondary N) is 1. The van der Waals surface area contributed by atoms with Crippen molar-refractivity contribution in [3.05, 3.63) is 12.0 Å². The van der Waals surface area contributed by atoms with E-state index in [2.05, 4.69) is 23.8 Å². The first-order valence-electron chi connectivity index (χ1n) is 5.25. The zero-order valence-corrected chi connectivity index (χ0v) is 9.78. The molecule has 4 nitrogen and oxygen atoms in total. The average molecular weight is 206 g/mol. The van der Waals surface area contributed by atoms with Crippen LogP contribution in [-0.2, 0) is 0 Å². The smallest absolute Gasteiger partial charge is 0.161 e. The topological polar surface area (TPSA) is 54.0 Å². The number of hydrogen-bond acceptors (Lipinski definition) is 3. The minimum Gasteiger partial charge on any atom is -0.313 e. The third-order valence-electron chi connectivity index (χ3n) is 2.21. The maximum absolute atomic E-state index is 7.80. The van der Waals surface area contributed by atoms with E-state index in [1.807, 2.05) is 18.4 Å². The first kappa shape index (κ1) is 11.6. The highest BCUT2D eigenvalue weighted by Gasteiger charge is 2.14. The van der Waals surface area contributed by atoms with Crippen molar-refractivity contribution in [2.75, 3.05) is 0 Å². The van der Waals surface area contributed by atoms with Crippen LogP contribution in [0.2, 0.25) is 0 Å². The molecule has 0 unspecified atom stereocenters. The lowest BCUT2D eigenvalue weighted by Crippen LogP contribution is -2.01. The van der Waals surface area contributed by atoms with Gasteiger partial charge in [0.1, 0.15) is 5.69 Å². The van der Waals surface area contributed by atoms with E-state index in [1.165, 1.54) is 0 Å². The van der Waals surface area contributed by atoms with Crippen molar-refractivity contribution in [3.63, 3.8) is 0 Å². The molecule has 1 aromatic heterocycles. The van der Waals surface area contributed by atoms with Crippen molar-refractivity contribution < 1.29 is 0 Å². The summed E-state index contributed by atoms with van der Waals surface area (Å²) in [5, 5.41) is 7.80. The third kappa shape index (κ3) is 2.32. The molecule has 1 N–H and O–H groups in total. The molecule has 0 aliphatic carbocycles. The van der Waals surface area contributed by atoms with Crippen LogP contribution in [0.4, 0.5) is 5.82 Å². The number of rotatable bonds is 4. The predicted octanol–water partition coefficient (Wildman–Crippen LogP) is 2.96. The molecule has 1 heterocycles. The molecule has 1 aromatic rings. The fourth-order valence-corrected chi connectivity index (χ4v) is 1.36. The summed E-state index contributed by atoms with van der Waals surface area (Å²) in [6, 6.07) is 0.314. The Hall–Kier alpha value is -1.45. The Morgan fingerprint density at radius 2 is 2.33 bits per heavy atom. The number of aliphatic imine (C=N–C) groups is 1. The van der Waals surface area contributed by atoms with Crippen LogP contribution in [0, 0.1) is 5.41 Å². The summed E-state index contributed by atoms with van der Waals surface area (Å²) >= 11 is 0. The highest BCUT2D eigenvalue weighted by molar-refractivity contribution is 6.00. The molecule has 0 aliphatic rings. The summed E-state index contributed by atoms with van der Waals surface area (Å²) in [4.78, 5) is 8.54. The lowest BCUT2D eigenvalue weighted by molar-refractivity contribution is 0.603. The Bertz CT molecular complexity index is 374. The van der Waals surface area contributed by atoms with Gasteiger partial charge >= 0.3 is 0 Å². The summed E-state index contributed by atoms with van der Waals surface area (Å²) in [5.41, 5.74) is 1.24. The zero-order valence-electron chi connectivity index (χ0n) is 9.78. The third-order valence-corrected chi connectivity index (χ3v) is 2.21. The van der Waals surface area contributed by atoms with E-state index in [9.17, 15) is 0 Å². The van der Waals surface area contributed by atoms with Crippen LogP contribution >= 0.6 is 0 Å². The second-order valence-corrected chi connectivity index (χ2v) is 3.64. The quantitative estimate of drug-likeness (QED) is 0.756. The van der Waals surface area contributed by atoms with E-state index in [-0.39, 0.29) is 0 Å². The summed E-state index contributed by atoms with van der Waals surface area (Å²) < 4.78 is 1.99. The van der Waals surface area contributed by atoms with Gasteiger partial charge < -0.3 is 9.98 Å². The van der Waals surface area contributed by atoms with E-state index in [4.69, 9.17) is 5.41 Å². The van der Waals surface area contributed by atoms with Crippen molar-refractivity contribution in [1.29, 1.82) is 5.41 Å². The molecular formula is C11H18N4. The summed E-state index contributed by atoms with van der Waals surface area (Å²) in [6.45, 7) is 7.98. The Kier molecular flexibility index (Phi) is 3.77. The van der Waals surface area contributed by atoms with E-state index in [0.717, 1.165) is 5.82 Å². The second-order valence-electron chi connectivity index (χ2n) is 3.64. The molecule has 0 amide bonds. The van der Waals surface area contributed by atoms with Crippen LogP contribution in [0.15, 0.2) is 11.3 Å². The Morgan fingerprint density at radius 3 is 2.80 bits per heavy atom. The van der Waals surface area contributed by atoms with Gasteiger partial charge in [0.25, 0.3) is 0 Å². The van der Waals surface area contributed by atoms with E-state index >= 15 is 0 Å². The number of aromatic nitrogens is 2. The Morgan fingerprint density at radius 1 is 1.67 bits per heavy atom. The van der Waals surface area contributed by atoms with Crippen LogP contribution in [-0.4, -0.2) is 21.5 Å². The van der Waals surface area contributed by atoms with Gasteiger partial charge in [0.2, 0.25) is 0 Å². The fraction of sp³-hybridized carbons (Fsp3) is 0.545. The molecule has 0 saturated carbocycles. The minimum absolute atomic E-state index is 0.314. The minimum atomic E-state index is 0.314. The standard InChI is InChI=1S/C11H18N4/c1-5-9(12)10-11(13-6-2)15(7-14-10)8(3)4/h6-8,12H,5H2,1-4H3/b12-9?,13-6-. The largest absolute Gasteiger partial charge is 0.313 e. The van der Waals surface area contributed by atoms with Gasteiger partial charge in [-0.05, 0) is 27.2 Å². The molecule has 0 radical (unpaired) electrons. The molecule has 0 atom stereocenters. The molecule has 82 valence electrons. The first-order valence-corrected chi connectivity index (χ1v) is 5.25. The monoisotopic (exact) mass is 206 g/mol. The van der Waals surface area contributed by atoms with E-state index in [0.29, 0.717) is 23.9 Å². The van der Waals surface area contributed by atoms with Crippen LogP contribution in [0.5, 0.6) is 0 Å². The van der Waals surface area contributed by atoms with Crippen LogP contribution in [0.25, 0.3) is 0 Å². The van der Waals surface area contributed by atoms with Gasteiger partial charge in [-0.1, -0.05) is 6.92 Å². The number of hydrogen-bond donors (Lipinski definition) is 1. The zero-order chi connectivity index (χ0) is 11.4. The van der Waals surface area contributed by atoms with Gasteiger partial charge in [-0.3, -0.25) is 0 Å². The van der Waals surface area contributed by atoms with Crippen molar-refractivity contribution in [1.82, 2.24) is 9.55 Å². The molecule has 1 rings (SSSR count). The molecular weight excluding hydrogens is 188 g/mol. The summed E-state index contributed by atoms with van der Waals surface area (Å²) in [6.07, 6.45) is 4.18. The van der Waals surface area contributed by atoms with Crippen molar-refractivity contribution >= 4 is 17.7 Å². The van der Waals surface area contributed by atoms with E-state index < -0.39 is 0 Å². The van der Waals surface area contributed by atoms with Gasteiger partial charge in [-0.25, -0.2) is 9.98 Å². The lowest BCUT2D eigenvalue weighted by Gasteiger charge is -2.09. The highest BCUT2D eigenvalue weighted by Crippen LogP contribution is 2.23.